The number of nitrogens with zero attached hydrogens (tertiary/aromatic N) is 8. The average Bonchev–Trinajstić information content (AvgIpc) is 4.04. The number of nitriles is 2. The number of halogens is 2. The number of hydrogen-bond acceptors (Lipinski definition) is 15. The minimum absolute atomic E-state index is 0.0299. The first-order valence-electron chi connectivity index (χ1n) is 19.5. The molecule has 0 saturated carbocycles. The standard InChI is InChI=1S/C23H24N4O5S2.C20H16ClFN4O2S2/c1-30-19-12-17(13-20(31-2)22(19)32-3)18-15-33-23(25-18)26-8-10-27(11-9-26)34(28,29)21-7-5-4-6-16(21)14-24;21-16-6-5-14(11-17(16)22)18-13-29-20(24-18)25-7-9-26(10-8-25)30(27,28)19-4-2-1-3-15(19)12-23/h4-7,12-13,15H,8-11H2,1-3H3;1-6,11,13H,7-10H2. The number of ether oxygens (including phenoxy) is 3. The fraction of sp³-hybridized carbons (Fsp3) is 0.256. The number of thiazole rings is 2. The van der Waals surface area contributed by atoms with Crippen LogP contribution in [0.5, 0.6) is 17.2 Å². The van der Waals surface area contributed by atoms with Gasteiger partial charge in [-0.2, -0.15) is 19.1 Å². The summed E-state index contributed by atoms with van der Waals surface area (Å²) in [5, 5.41) is 23.9. The Kier molecular flexibility index (Phi) is 14.4. The second kappa shape index (κ2) is 19.9. The van der Waals surface area contributed by atoms with Crippen molar-refractivity contribution in [2.75, 3.05) is 83.5 Å². The summed E-state index contributed by atoms with van der Waals surface area (Å²) in [6.45, 7) is 3.11. The van der Waals surface area contributed by atoms with Crippen molar-refractivity contribution in [1.29, 1.82) is 10.5 Å². The predicted octanol–water partition coefficient (Wildman–Crippen LogP) is 7.20. The van der Waals surface area contributed by atoms with Crippen molar-refractivity contribution in [1.82, 2.24) is 18.6 Å². The van der Waals surface area contributed by atoms with Crippen LogP contribution in [0.15, 0.2) is 99.4 Å². The zero-order valence-corrected chi connectivity index (χ0v) is 38.7. The van der Waals surface area contributed by atoms with E-state index in [2.05, 4.69) is 9.88 Å². The van der Waals surface area contributed by atoms with Crippen molar-refractivity contribution in [3.05, 3.63) is 112 Å². The Labute approximate surface area is 383 Å². The van der Waals surface area contributed by atoms with Gasteiger partial charge in [0.1, 0.15) is 18.0 Å². The molecular weight excluding hydrogens is 923 g/mol. The van der Waals surface area contributed by atoms with Crippen LogP contribution < -0.4 is 24.0 Å². The minimum atomic E-state index is -3.74. The molecule has 0 amide bonds. The molecule has 0 bridgehead atoms. The first-order valence-corrected chi connectivity index (χ1v) is 24.5. The molecule has 4 aromatic carbocycles. The number of piperazine rings is 2. The van der Waals surface area contributed by atoms with Gasteiger partial charge in [0.15, 0.2) is 21.8 Å². The highest BCUT2D eigenvalue weighted by Crippen LogP contribution is 2.42. The molecule has 0 aliphatic carbocycles. The van der Waals surface area contributed by atoms with E-state index in [1.165, 1.54) is 67.7 Å². The van der Waals surface area contributed by atoms with Gasteiger partial charge in [0.05, 0.1) is 58.7 Å². The lowest BCUT2D eigenvalue weighted by atomic mass is 10.1. The van der Waals surface area contributed by atoms with Crippen molar-refractivity contribution < 1.29 is 35.4 Å². The molecule has 2 aliphatic rings. The molecule has 0 spiro atoms. The van der Waals surface area contributed by atoms with Crippen LogP contribution >= 0.6 is 34.3 Å². The van der Waals surface area contributed by atoms with Crippen molar-refractivity contribution in [2.24, 2.45) is 0 Å². The number of benzene rings is 4. The summed E-state index contributed by atoms with van der Waals surface area (Å²) < 4.78 is 84.9. The Balaban J connectivity index is 0.000000193. The number of sulfonamides is 2. The van der Waals surface area contributed by atoms with Gasteiger partial charge in [-0.15, -0.1) is 22.7 Å². The van der Waals surface area contributed by atoms with Gasteiger partial charge >= 0.3 is 0 Å². The third-order valence-electron chi connectivity index (χ3n) is 10.4. The van der Waals surface area contributed by atoms with Crippen LogP contribution in [-0.2, 0) is 20.0 Å². The fourth-order valence-electron chi connectivity index (χ4n) is 7.05. The molecule has 2 fully saturated rings. The SMILES string of the molecule is COc1cc(-c2csc(N3CCN(S(=O)(=O)c4ccccc4C#N)CC3)n2)cc(OC)c1OC.N#Cc1ccccc1S(=O)(=O)N1CCN(c2nc(-c3ccc(Cl)c(F)c3)cs2)CC1. The van der Waals surface area contributed by atoms with Crippen molar-refractivity contribution in [2.45, 2.75) is 9.79 Å². The van der Waals surface area contributed by atoms with E-state index in [0.29, 0.717) is 67.8 Å². The number of methoxy groups -OCH3 is 3. The molecule has 0 radical (unpaired) electrons. The molecular formula is C43H40ClFN8O7S4. The van der Waals surface area contributed by atoms with Crippen LogP contribution in [-0.4, -0.2) is 109 Å². The monoisotopic (exact) mass is 962 g/mol. The van der Waals surface area contributed by atoms with Gasteiger partial charge in [-0.25, -0.2) is 31.2 Å². The molecule has 0 atom stereocenters. The first kappa shape index (κ1) is 46.2. The molecule has 15 nitrogen and oxygen atoms in total. The zero-order valence-electron chi connectivity index (χ0n) is 34.6. The highest BCUT2D eigenvalue weighted by atomic mass is 35.5. The summed E-state index contributed by atoms with van der Waals surface area (Å²) in [6.07, 6.45) is 0. The largest absolute Gasteiger partial charge is 0.493 e. The molecule has 2 saturated heterocycles. The third-order valence-corrected chi connectivity index (χ3v) is 16.5. The molecule has 4 heterocycles. The average molecular weight is 964 g/mol. The maximum atomic E-state index is 13.7. The fourth-order valence-corrected chi connectivity index (χ4v) is 12.1. The maximum absolute atomic E-state index is 13.7. The maximum Gasteiger partial charge on any atom is 0.244 e. The van der Waals surface area contributed by atoms with Gasteiger partial charge in [0.25, 0.3) is 0 Å². The van der Waals surface area contributed by atoms with Gasteiger partial charge in [-0.05, 0) is 48.5 Å². The lowest BCUT2D eigenvalue weighted by Gasteiger charge is -2.33. The summed E-state index contributed by atoms with van der Waals surface area (Å²) >= 11 is 8.65. The van der Waals surface area contributed by atoms with E-state index >= 15 is 0 Å². The highest BCUT2D eigenvalue weighted by molar-refractivity contribution is 7.89. The molecule has 64 heavy (non-hydrogen) atoms. The summed E-state index contributed by atoms with van der Waals surface area (Å²) in [5.41, 5.74) is 3.15. The summed E-state index contributed by atoms with van der Waals surface area (Å²) in [5.74, 6) is 1.10. The highest BCUT2D eigenvalue weighted by Gasteiger charge is 2.33. The van der Waals surface area contributed by atoms with Crippen LogP contribution in [0.3, 0.4) is 0 Å². The van der Waals surface area contributed by atoms with E-state index in [0.717, 1.165) is 21.5 Å². The number of aromatic nitrogens is 2. The van der Waals surface area contributed by atoms with Crippen molar-refractivity contribution in [3.63, 3.8) is 0 Å². The van der Waals surface area contributed by atoms with E-state index < -0.39 is 25.9 Å². The second-order valence-corrected chi connectivity index (χ2v) is 20.0. The van der Waals surface area contributed by atoms with Crippen molar-refractivity contribution in [3.8, 4) is 51.9 Å². The van der Waals surface area contributed by atoms with Gasteiger partial charge in [-0.1, -0.05) is 41.9 Å². The molecule has 21 heteroatoms. The van der Waals surface area contributed by atoms with E-state index in [-0.39, 0.29) is 39.0 Å². The summed E-state index contributed by atoms with van der Waals surface area (Å²) in [4.78, 5) is 13.5. The Morgan fingerprint density at radius 1 is 0.625 bits per heavy atom. The van der Waals surface area contributed by atoms with Crippen LogP contribution in [0, 0.1) is 28.5 Å². The molecule has 2 aliphatic heterocycles. The van der Waals surface area contributed by atoms with Crippen LogP contribution in [0.1, 0.15) is 11.1 Å². The molecule has 0 unspecified atom stereocenters. The normalized spacial score (nSPS) is 14.8. The van der Waals surface area contributed by atoms with Crippen LogP contribution in [0.2, 0.25) is 5.02 Å². The Morgan fingerprint density at radius 2 is 1.06 bits per heavy atom. The quantitative estimate of drug-likeness (QED) is 0.127. The predicted molar refractivity (Wildman–Crippen MR) is 244 cm³/mol. The zero-order chi connectivity index (χ0) is 45.6. The number of hydrogen-bond donors (Lipinski definition) is 0. The Morgan fingerprint density at radius 3 is 1.47 bits per heavy atom. The molecule has 8 rings (SSSR count). The smallest absolute Gasteiger partial charge is 0.244 e. The van der Waals surface area contributed by atoms with E-state index in [1.807, 2.05) is 39.9 Å². The van der Waals surface area contributed by atoms with Crippen molar-refractivity contribution >= 4 is 64.6 Å². The lowest BCUT2D eigenvalue weighted by Crippen LogP contribution is -2.48. The Hall–Kier alpha value is -5.84. The number of rotatable bonds is 11. The van der Waals surface area contributed by atoms with Gasteiger partial charge in [0.2, 0.25) is 25.8 Å². The summed E-state index contributed by atoms with van der Waals surface area (Å²) in [7, 11) is -2.80. The van der Waals surface area contributed by atoms with E-state index in [9.17, 15) is 31.7 Å². The van der Waals surface area contributed by atoms with E-state index in [4.69, 9.17) is 30.8 Å². The molecule has 6 aromatic rings. The molecule has 0 N–H and O–H groups in total. The van der Waals surface area contributed by atoms with Gasteiger partial charge in [-0.3, -0.25) is 0 Å². The van der Waals surface area contributed by atoms with Gasteiger partial charge < -0.3 is 24.0 Å². The summed E-state index contributed by atoms with van der Waals surface area (Å²) in [6, 6.07) is 24.6. The minimum Gasteiger partial charge on any atom is -0.493 e. The third kappa shape index (κ3) is 9.64. The van der Waals surface area contributed by atoms with Gasteiger partial charge in [0, 0.05) is 74.2 Å². The topological polar surface area (TPSA) is 182 Å². The van der Waals surface area contributed by atoms with E-state index in [1.54, 1.807) is 51.7 Å². The number of anilines is 2. The Bertz CT molecular complexity index is 2930. The van der Waals surface area contributed by atoms with Crippen LogP contribution in [0.4, 0.5) is 14.7 Å². The molecule has 2 aromatic heterocycles. The lowest BCUT2D eigenvalue weighted by molar-refractivity contribution is 0.324. The first-order chi connectivity index (χ1) is 30.8. The second-order valence-electron chi connectivity index (χ2n) is 14.1. The molecule has 332 valence electrons. The van der Waals surface area contributed by atoms with Crippen LogP contribution in [0.25, 0.3) is 22.5 Å².